The zero-order valence-electron chi connectivity index (χ0n) is 9.63. The molecule has 84 valence electrons. The van der Waals surface area contributed by atoms with E-state index in [1.807, 2.05) is 6.92 Å². The molecule has 1 aliphatic rings. The van der Waals surface area contributed by atoms with E-state index in [1.54, 1.807) is 6.33 Å². The summed E-state index contributed by atoms with van der Waals surface area (Å²) in [6.07, 6.45) is 3.08. The van der Waals surface area contributed by atoms with Gasteiger partial charge in [-0.05, 0) is 27.2 Å². The Hall–Kier alpha value is -0.870. The van der Waals surface area contributed by atoms with Crippen molar-refractivity contribution in [2.75, 3.05) is 6.61 Å². The van der Waals surface area contributed by atoms with Gasteiger partial charge < -0.3 is 15.0 Å². The van der Waals surface area contributed by atoms with Crippen LogP contribution in [0.5, 0.6) is 0 Å². The highest BCUT2D eigenvalue weighted by molar-refractivity contribution is 5.09. The summed E-state index contributed by atoms with van der Waals surface area (Å²) in [5, 5.41) is 3.54. The first kappa shape index (κ1) is 10.6. The van der Waals surface area contributed by atoms with Crippen molar-refractivity contribution in [3.8, 4) is 0 Å². The van der Waals surface area contributed by atoms with E-state index in [1.165, 1.54) is 0 Å². The number of hydrogen-bond acceptors (Lipinski definition) is 3. The molecule has 2 N–H and O–H groups in total. The van der Waals surface area contributed by atoms with Gasteiger partial charge in [0.25, 0.3) is 0 Å². The third-order valence-corrected chi connectivity index (χ3v) is 3.48. The van der Waals surface area contributed by atoms with E-state index in [9.17, 15) is 0 Å². The Kier molecular flexibility index (Phi) is 2.80. The molecule has 1 aromatic rings. The molecule has 4 nitrogen and oxygen atoms in total. The number of nitrogens with one attached hydrogen (secondary N) is 2. The molecule has 1 saturated heterocycles. The summed E-state index contributed by atoms with van der Waals surface area (Å²) in [4.78, 5) is 7.36. The van der Waals surface area contributed by atoms with E-state index in [0.717, 1.165) is 31.0 Å². The van der Waals surface area contributed by atoms with Crippen molar-refractivity contribution in [2.45, 2.75) is 45.4 Å². The van der Waals surface area contributed by atoms with Gasteiger partial charge in [0.1, 0.15) is 0 Å². The largest absolute Gasteiger partial charge is 0.377 e. The maximum absolute atomic E-state index is 5.58. The van der Waals surface area contributed by atoms with E-state index in [-0.39, 0.29) is 11.6 Å². The normalized spacial score (nSPS) is 31.0. The van der Waals surface area contributed by atoms with Crippen LogP contribution in [0.1, 0.15) is 31.7 Å². The molecule has 2 heterocycles. The molecule has 1 aliphatic heterocycles. The van der Waals surface area contributed by atoms with Crippen LogP contribution in [-0.2, 0) is 11.3 Å². The van der Waals surface area contributed by atoms with Crippen molar-refractivity contribution in [1.82, 2.24) is 15.3 Å². The third kappa shape index (κ3) is 2.06. The molecule has 0 spiro atoms. The highest BCUT2D eigenvalue weighted by atomic mass is 16.5. The molecule has 0 bridgehead atoms. The Balaban J connectivity index is 1.96. The molecule has 2 atom stereocenters. The highest BCUT2D eigenvalue weighted by Crippen LogP contribution is 2.25. The lowest BCUT2D eigenvalue weighted by molar-refractivity contribution is 0.0880. The Morgan fingerprint density at radius 3 is 3.07 bits per heavy atom. The smallest absolute Gasteiger partial charge is 0.0925 e. The summed E-state index contributed by atoms with van der Waals surface area (Å²) in [6.45, 7) is 8.04. The van der Waals surface area contributed by atoms with Gasteiger partial charge in [0.2, 0.25) is 0 Å². The van der Waals surface area contributed by atoms with Crippen molar-refractivity contribution in [1.29, 1.82) is 0 Å². The molecule has 0 radical (unpaired) electrons. The van der Waals surface area contributed by atoms with Gasteiger partial charge in [-0.15, -0.1) is 0 Å². The van der Waals surface area contributed by atoms with Gasteiger partial charge in [-0.25, -0.2) is 4.98 Å². The average molecular weight is 209 g/mol. The van der Waals surface area contributed by atoms with E-state index in [0.29, 0.717) is 0 Å². The molecule has 0 saturated carbocycles. The lowest BCUT2D eigenvalue weighted by Gasteiger charge is -2.28. The van der Waals surface area contributed by atoms with Crippen LogP contribution in [-0.4, -0.2) is 28.2 Å². The van der Waals surface area contributed by atoms with Crippen LogP contribution >= 0.6 is 0 Å². The fourth-order valence-electron chi connectivity index (χ4n) is 1.92. The molecule has 1 fully saturated rings. The first-order valence-corrected chi connectivity index (χ1v) is 5.47. The molecule has 0 aliphatic carbocycles. The van der Waals surface area contributed by atoms with Gasteiger partial charge in [-0.2, -0.15) is 0 Å². The maximum Gasteiger partial charge on any atom is 0.0925 e. The fourth-order valence-corrected chi connectivity index (χ4v) is 1.92. The van der Waals surface area contributed by atoms with Crippen LogP contribution < -0.4 is 5.32 Å². The van der Waals surface area contributed by atoms with Crippen LogP contribution in [0.3, 0.4) is 0 Å². The second-order valence-corrected chi connectivity index (χ2v) is 4.51. The van der Waals surface area contributed by atoms with Crippen molar-refractivity contribution >= 4 is 0 Å². The molecule has 2 unspecified atom stereocenters. The predicted octanol–water partition coefficient (Wildman–Crippen LogP) is 1.38. The monoisotopic (exact) mass is 209 g/mol. The lowest BCUT2D eigenvalue weighted by Crippen LogP contribution is -2.47. The number of imidazole rings is 1. The number of aryl methyl sites for hydroxylation is 1. The van der Waals surface area contributed by atoms with E-state index < -0.39 is 0 Å². The topological polar surface area (TPSA) is 49.9 Å². The zero-order chi connectivity index (χ0) is 10.9. The molecule has 0 amide bonds. The van der Waals surface area contributed by atoms with Crippen LogP contribution in [0.15, 0.2) is 6.33 Å². The van der Waals surface area contributed by atoms with Gasteiger partial charge in [0, 0.05) is 24.4 Å². The molecule has 15 heavy (non-hydrogen) atoms. The summed E-state index contributed by atoms with van der Waals surface area (Å²) >= 11 is 0. The number of ether oxygens (including phenoxy) is 1. The Bertz CT molecular complexity index is 336. The number of aromatic amines is 1. The minimum Gasteiger partial charge on any atom is -0.377 e. The fraction of sp³-hybridized carbons (Fsp3) is 0.727. The Morgan fingerprint density at radius 1 is 1.73 bits per heavy atom. The first-order valence-electron chi connectivity index (χ1n) is 5.47. The standard InChI is InChI=1S/C11H19N3O/c1-8-10(13-7-12-8)6-14-11(3)4-5-15-9(11)2/h7,9,14H,4-6H2,1-3H3,(H,12,13). The molecule has 0 aromatic carbocycles. The summed E-state index contributed by atoms with van der Waals surface area (Å²) in [7, 11) is 0. The second-order valence-electron chi connectivity index (χ2n) is 4.51. The summed E-state index contributed by atoms with van der Waals surface area (Å²) in [5.74, 6) is 0. The Labute approximate surface area is 90.4 Å². The van der Waals surface area contributed by atoms with Gasteiger partial charge in [-0.3, -0.25) is 0 Å². The minimum atomic E-state index is 0.0887. The number of hydrogen-bond donors (Lipinski definition) is 2. The van der Waals surface area contributed by atoms with Gasteiger partial charge >= 0.3 is 0 Å². The second kappa shape index (κ2) is 3.94. The highest BCUT2D eigenvalue weighted by Gasteiger charge is 2.36. The molecule has 1 aromatic heterocycles. The van der Waals surface area contributed by atoms with Gasteiger partial charge in [0.15, 0.2) is 0 Å². The number of nitrogens with zero attached hydrogens (tertiary/aromatic N) is 1. The van der Waals surface area contributed by atoms with Crippen LogP contribution in [0.2, 0.25) is 0 Å². The zero-order valence-corrected chi connectivity index (χ0v) is 9.63. The quantitative estimate of drug-likeness (QED) is 0.790. The van der Waals surface area contributed by atoms with Crippen LogP contribution in [0.4, 0.5) is 0 Å². The number of H-pyrrole nitrogens is 1. The third-order valence-electron chi connectivity index (χ3n) is 3.48. The predicted molar refractivity (Wildman–Crippen MR) is 58.6 cm³/mol. The van der Waals surface area contributed by atoms with Gasteiger partial charge in [-0.1, -0.05) is 0 Å². The van der Waals surface area contributed by atoms with Crippen LogP contribution in [0.25, 0.3) is 0 Å². The molecule has 4 heteroatoms. The SMILES string of the molecule is Cc1[nH]cnc1CNC1(C)CCOC1C. The molecule has 2 rings (SSSR count). The average Bonchev–Trinajstić information content (AvgIpc) is 2.73. The number of rotatable bonds is 3. The van der Waals surface area contributed by atoms with Crippen molar-refractivity contribution in [3.05, 3.63) is 17.7 Å². The van der Waals surface area contributed by atoms with E-state index in [2.05, 4.69) is 29.1 Å². The number of aromatic nitrogens is 2. The van der Waals surface area contributed by atoms with Crippen molar-refractivity contribution in [2.24, 2.45) is 0 Å². The Morgan fingerprint density at radius 2 is 2.53 bits per heavy atom. The first-order chi connectivity index (χ1) is 7.12. The van der Waals surface area contributed by atoms with E-state index >= 15 is 0 Å². The summed E-state index contributed by atoms with van der Waals surface area (Å²) in [5.41, 5.74) is 2.32. The lowest BCUT2D eigenvalue weighted by atomic mass is 9.94. The van der Waals surface area contributed by atoms with Crippen molar-refractivity contribution < 1.29 is 4.74 Å². The summed E-state index contributed by atoms with van der Waals surface area (Å²) in [6, 6.07) is 0. The van der Waals surface area contributed by atoms with Gasteiger partial charge in [0.05, 0.1) is 18.1 Å². The summed E-state index contributed by atoms with van der Waals surface area (Å²) < 4.78 is 5.58. The van der Waals surface area contributed by atoms with Crippen LogP contribution in [0, 0.1) is 6.92 Å². The maximum atomic E-state index is 5.58. The van der Waals surface area contributed by atoms with E-state index in [4.69, 9.17) is 4.74 Å². The molecular weight excluding hydrogens is 190 g/mol. The molecular formula is C11H19N3O. The minimum absolute atomic E-state index is 0.0887. The van der Waals surface area contributed by atoms with Crippen molar-refractivity contribution in [3.63, 3.8) is 0 Å².